The highest BCUT2D eigenvalue weighted by Crippen LogP contribution is 2.20. The first kappa shape index (κ1) is 22.0. The van der Waals surface area contributed by atoms with Crippen molar-refractivity contribution in [1.82, 2.24) is 9.88 Å². The van der Waals surface area contributed by atoms with Crippen LogP contribution < -0.4 is 15.6 Å². The highest BCUT2D eigenvalue weighted by Gasteiger charge is 2.17. The van der Waals surface area contributed by atoms with E-state index in [2.05, 4.69) is 10.3 Å². The van der Waals surface area contributed by atoms with Gasteiger partial charge in [-0.1, -0.05) is 12.1 Å². The first-order valence-corrected chi connectivity index (χ1v) is 10.2. The molecule has 3 aromatic carbocycles. The number of fused-ring (bicyclic) bond motifs is 1. The Balaban J connectivity index is 1.64. The molecule has 0 aliphatic carbocycles. The van der Waals surface area contributed by atoms with Crippen molar-refractivity contribution in [1.29, 1.82) is 0 Å². The molecule has 0 saturated heterocycles. The third kappa shape index (κ3) is 5.35. The Hall–Kier alpha value is -4.20. The molecule has 33 heavy (non-hydrogen) atoms. The summed E-state index contributed by atoms with van der Waals surface area (Å²) in [7, 11) is 1.54. The number of aromatic amines is 1. The molecule has 0 unspecified atom stereocenters. The maximum Gasteiger partial charge on any atom is 0.322 e. The molecule has 8 heteroatoms. The number of hydrogen-bond acceptors (Lipinski definition) is 3. The van der Waals surface area contributed by atoms with E-state index >= 15 is 0 Å². The number of methoxy groups -OCH3 is 1. The van der Waals surface area contributed by atoms with Crippen LogP contribution in [0.5, 0.6) is 5.75 Å². The minimum atomic E-state index is -0.486. The molecule has 0 radical (unpaired) electrons. The normalized spacial score (nSPS) is 10.8. The number of ether oxygens (including phenoxy) is 1. The number of carbonyl (C=O) groups excluding carboxylic acids is 1. The van der Waals surface area contributed by atoms with Gasteiger partial charge in [0.1, 0.15) is 17.4 Å². The van der Waals surface area contributed by atoms with Crippen molar-refractivity contribution in [2.24, 2.45) is 0 Å². The molecule has 2 amide bonds. The molecule has 1 heterocycles. The summed E-state index contributed by atoms with van der Waals surface area (Å²) in [6.07, 6.45) is 0. The highest BCUT2D eigenvalue weighted by atomic mass is 19.1. The molecule has 0 atom stereocenters. The maximum absolute atomic E-state index is 13.3. The monoisotopic (exact) mass is 449 g/mol. The van der Waals surface area contributed by atoms with Crippen molar-refractivity contribution >= 4 is 22.6 Å². The van der Waals surface area contributed by atoms with Gasteiger partial charge < -0.3 is 19.9 Å². The number of aromatic nitrogens is 1. The minimum Gasteiger partial charge on any atom is -0.497 e. The SMILES string of the molecule is COc1ccc2cc(CN(Cc3ccc(F)cc3)C(=O)Nc3ccc(F)cc3)c(=O)[nH]c2c1. The second-order valence-corrected chi connectivity index (χ2v) is 7.50. The van der Waals surface area contributed by atoms with Crippen molar-refractivity contribution < 1.29 is 18.3 Å². The topological polar surface area (TPSA) is 74.4 Å². The van der Waals surface area contributed by atoms with E-state index in [0.717, 1.165) is 5.39 Å². The summed E-state index contributed by atoms with van der Waals surface area (Å²) in [5, 5.41) is 3.49. The van der Waals surface area contributed by atoms with E-state index < -0.39 is 11.8 Å². The third-order valence-electron chi connectivity index (χ3n) is 5.16. The third-order valence-corrected chi connectivity index (χ3v) is 5.16. The highest BCUT2D eigenvalue weighted by molar-refractivity contribution is 5.89. The van der Waals surface area contributed by atoms with Gasteiger partial charge in [-0.15, -0.1) is 0 Å². The maximum atomic E-state index is 13.3. The van der Waals surface area contributed by atoms with Gasteiger partial charge in [0.25, 0.3) is 5.56 Å². The molecular weight excluding hydrogens is 428 g/mol. The van der Waals surface area contributed by atoms with Gasteiger partial charge in [0.2, 0.25) is 0 Å². The number of rotatable bonds is 6. The molecule has 6 nitrogen and oxygen atoms in total. The van der Waals surface area contributed by atoms with Crippen LogP contribution >= 0.6 is 0 Å². The first-order valence-electron chi connectivity index (χ1n) is 10.2. The van der Waals surface area contributed by atoms with E-state index in [0.29, 0.717) is 28.1 Å². The molecule has 4 rings (SSSR count). The number of benzene rings is 3. The molecule has 168 valence electrons. The summed E-state index contributed by atoms with van der Waals surface area (Å²) in [5.74, 6) is -0.194. The van der Waals surface area contributed by atoms with Crippen molar-refractivity contribution in [2.75, 3.05) is 12.4 Å². The largest absolute Gasteiger partial charge is 0.497 e. The number of carbonyl (C=O) groups is 1. The molecule has 0 spiro atoms. The van der Waals surface area contributed by atoms with Crippen LogP contribution in [0.3, 0.4) is 0 Å². The molecule has 0 bridgehead atoms. The van der Waals surface area contributed by atoms with E-state index in [4.69, 9.17) is 4.74 Å². The van der Waals surface area contributed by atoms with E-state index in [1.165, 1.54) is 41.3 Å². The van der Waals surface area contributed by atoms with Crippen LogP contribution in [-0.4, -0.2) is 23.0 Å². The fourth-order valence-electron chi connectivity index (χ4n) is 3.42. The predicted molar refractivity (Wildman–Crippen MR) is 122 cm³/mol. The molecule has 0 saturated carbocycles. The summed E-state index contributed by atoms with van der Waals surface area (Å²) in [6.45, 7) is 0.134. The summed E-state index contributed by atoms with van der Waals surface area (Å²) in [5.41, 5.74) is 1.75. The zero-order valence-electron chi connectivity index (χ0n) is 17.8. The van der Waals surface area contributed by atoms with Gasteiger partial charge >= 0.3 is 6.03 Å². The number of H-pyrrole nitrogens is 1. The Morgan fingerprint density at radius 1 is 0.939 bits per heavy atom. The fraction of sp³-hybridized carbons (Fsp3) is 0.120. The van der Waals surface area contributed by atoms with Crippen LogP contribution in [0.4, 0.5) is 19.3 Å². The van der Waals surface area contributed by atoms with Gasteiger partial charge in [0.05, 0.1) is 19.2 Å². The van der Waals surface area contributed by atoms with Crippen LogP contribution in [0, 0.1) is 11.6 Å². The lowest BCUT2D eigenvalue weighted by Crippen LogP contribution is -2.35. The molecular formula is C25H21F2N3O3. The number of nitrogens with one attached hydrogen (secondary N) is 2. The first-order chi connectivity index (χ1) is 15.9. The fourth-order valence-corrected chi connectivity index (χ4v) is 3.42. The smallest absolute Gasteiger partial charge is 0.322 e. The number of amides is 2. The van der Waals surface area contributed by atoms with Crippen LogP contribution in [0.1, 0.15) is 11.1 Å². The lowest BCUT2D eigenvalue weighted by atomic mass is 10.1. The Morgan fingerprint density at radius 2 is 1.61 bits per heavy atom. The molecule has 1 aromatic heterocycles. The minimum absolute atomic E-state index is 0.00169. The summed E-state index contributed by atoms with van der Waals surface area (Å²) in [6, 6.07) is 17.7. The van der Waals surface area contributed by atoms with Crippen LogP contribution in [0.25, 0.3) is 10.9 Å². The molecule has 2 N–H and O–H groups in total. The van der Waals surface area contributed by atoms with Crippen LogP contribution in [0.2, 0.25) is 0 Å². The Bertz CT molecular complexity index is 1340. The Labute approximate surface area is 188 Å². The van der Waals surface area contributed by atoms with E-state index in [1.54, 1.807) is 37.4 Å². The van der Waals surface area contributed by atoms with Gasteiger partial charge in [0.15, 0.2) is 0 Å². The average Bonchev–Trinajstić information content (AvgIpc) is 2.81. The van der Waals surface area contributed by atoms with Gasteiger partial charge in [-0.2, -0.15) is 0 Å². The van der Waals surface area contributed by atoms with E-state index in [-0.39, 0.29) is 24.5 Å². The van der Waals surface area contributed by atoms with E-state index in [9.17, 15) is 18.4 Å². The Kier molecular flexibility index (Phi) is 6.35. The standard InChI is InChI=1S/C25H21F2N3O3/c1-33-22-11-4-17-12-18(24(31)29-23(17)13-22)15-30(14-16-2-5-19(26)6-3-16)25(32)28-21-9-7-20(27)8-10-21/h2-13H,14-15H2,1H3,(H,28,32)(H,29,31). The number of hydrogen-bond donors (Lipinski definition) is 2. The van der Waals surface area contributed by atoms with Gasteiger partial charge in [-0.25, -0.2) is 13.6 Å². The number of halogens is 2. The van der Waals surface area contributed by atoms with Crippen LogP contribution in [-0.2, 0) is 13.1 Å². The lowest BCUT2D eigenvalue weighted by Gasteiger charge is -2.23. The molecule has 0 aliphatic heterocycles. The number of pyridine rings is 1. The zero-order valence-corrected chi connectivity index (χ0v) is 17.8. The van der Waals surface area contributed by atoms with E-state index in [1.807, 2.05) is 6.07 Å². The van der Waals surface area contributed by atoms with Crippen molar-refractivity contribution in [3.63, 3.8) is 0 Å². The quantitative estimate of drug-likeness (QED) is 0.433. The molecule has 0 aliphatic rings. The van der Waals surface area contributed by atoms with Gasteiger partial charge in [-0.05, 0) is 65.5 Å². The summed E-state index contributed by atoms with van der Waals surface area (Å²) in [4.78, 5) is 30.0. The summed E-state index contributed by atoms with van der Waals surface area (Å²) >= 11 is 0. The number of nitrogens with zero attached hydrogens (tertiary/aromatic N) is 1. The van der Waals surface area contributed by atoms with Gasteiger partial charge in [-0.3, -0.25) is 4.79 Å². The second kappa shape index (κ2) is 9.52. The Morgan fingerprint density at radius 3 is 2.27 bits per heavy atom. The van der Waals surface area contributed by atoms with Crippen molar-refractivity contribution in [2.45, 2.75) is 13.1 Å². The van der Waals surface area contributed by atoms with Gasteiger partial charge in [0, 0.05) is 23.9 Å². The number of anilines is 1. The zero-order chi connectivity index (χ0) is 23.4. The molecule has 4 aromatic rings. The predicted octanol–water partition coefficient (Wildman–Crippen LogP) is 5.05. The average molecular weight is 449 g/mol. The van der Waals surface area contributed by atoms with Crippen molar-refractivity contribution in [3.05, 3.63) is 106 Å². The number of urea groups is 1. The van der Waals surface area contributed by atoms with Crippen LogP contribution in [0.15, 0.2) is 77.6 Å². The summed E-state index contributed by atoms with van der Waals surface area (Å²) < 4.78 is 31.7. The van der Waals surface area contributed by atoms with Crippen molar-refractivity contribution in [3.8, 4) is 5.75 Å². The second-order valence-electron chi connectivity index (χ2n) is 7.50. The molecule has 0 fully saturated rings. The lowest BCUT2D eigenvalue weighted by molar-refractivity contribution is 0.206.